The third kappa shape index (κ3) is 3.40. The number of aliphatic carboxylic acids is 1. The van der Waals surface area contributed by atoms with Gasteiger partial charge in [-0.05, 0) is 30.9 Å². The summed E-state index contributed by atoms with van der Waals surface area (Å²) in [6.45, 7) is 0.209. The molecule has 1 aromatic carbocycles. The normalized spacial score (nSPS) is 17.1. The standard InChI is InChI=1S/C15H20O4/c1-18-13-8-4-5-9-14(13)19-10-12(15(16)17)11-6-2-3-7-11/h4-5,8-9,11-12H,2-3,6-7,10H2,1H3,(H,16,17). The van der Waals surface area contributed by atoms with Crippen LogP contribution in [-0.2, 0) is 4.79 Å². The lowest BCUT2D eigenvalue weighted by Gasteiger charge is -2.20. The van der Waals surface area contributed by atoms with Gasteiger partial charge in [0.2, 0.25) is 0 Å². The molecule has 19 heavy (non-hydrogen) atoms. The van der Waals surface area contributed by atoms with Crippen molar-refractivity contribution in [2.75, 3.05) is 13.7 Å². The van der Waals surface area contributed by atoms with E-state index in [-0.39, 0.29) is 12.5 Å². The summed E-state index contributed by atoms with van der Waals surface area (Å²) in [6, 6.07) is 7.31. The van der Waals surface area contributed by atoms with E-state index in [1.807, 2.05) is 12.1 Å². The first-order chi connectivity index (χ1) is 9.22. The van der Waals surface area contributed by atoms with Crippen molar-refractivity contribution in [1.82, 2.24) is 0 Å². The third-order valence-electron chi connectivity index (χ3n) is 3.77. The molecule has 0 bridgehead atoms. The van der Waals surface area contributed by atoms with Gasteiger partial charge in [-0.1, -0.05) is 25.0 Å². The summed E-state index contributed by atoms with van der Waals surface area (Å²) in [7, 11) is 1.58. The van der Waals surface area contributed by atoms with Crippen LogP contribution >= 0.6 is 0 Å². The molecule has 4 heteroatoms. The molecule has 0 amide bonds. The molecule has 1 unspecified atom stereocenters. The van der Waals surface area contributed by atoms with Crippen molar-refractivity contribution in [3.8, 4) is 11.5 Å². The average molecular weight is 264 g/mol. The summed E-state index contributed by atoms with van der Waals surface area (Å²) < 4.78 is 10.8. The van der Waals surface area contributed by atoms with E-state index in [0.29, 0.717) is 11.5 Å². The third-order valence-corrected chi connectivity index (χ3v) is 3.77. The van der Waals surface area contributed by atoms with E-state index >= 15 is 0 Å². The van der Waals surface area contributed by atoms with Gasteiger partial charge in [-0.15, -0.1) is 0 Å². The maximum atomic E-state index is 11.4. The summed E-state index contributed by atoms with van der Waals surface area (Å²) in [5.41, 5.74) is 0. The first-order valence-electron chi connectivity index (χ1n) is 6.71. The number of ether oxygens (including phenoxy) is 2. The molecule has 0 aliphatic heterocycles. The predicted octanol–water partition coefficient (Wildman–Crippen LogP) is 2.97. The van der Waals surface area contributed by atoms with Crippen LogP contribution in [-0.4, -0.2) is 24.8 Å². The van der Waals surface area contributed by atoms with Crippen LogP contribution in [0.15, 0.2) is 24.3 Å². The quantitative estimate of drug-likeness (QED) is 0.858. The molecular weight excluding hydrogens is 244 g/mol. The zero-order valence-electron chi connectivity index (χ0n) is 11.2. The Hall–Kier alpha value is -1.71. The van der Waals surface area contributed by atoms with Crippen LogP contribution < -0.4 is 9.47 Å². The Labute approximate surface area is 113 Å². The fourth-order valence-electron chi connectivity index (χ4n) is 2.69. The van der Waals surface area contributed by atoms with E-state index in [1.165, 1.54) is 0 Å². The Kier molecular flexibility index (Phi) is 4.66. The van der Waals surface area contributed by atoms with Crippen LogP contribution in [0.1, 0.15) is 25.7 Å². The zero-order valence-corrected chi connectivity index (χ0v) is 11.2. The van der Waals surface area contributed by atoms with Gasteiger partial charge in [0.25, 0.3) is 0 Å². The molecule has 1 aliphatic rings. The molecule has 1 aliphatic carbocycles. The highest BCUT2D eigenvalue weighted by atomic mass is 16.5. The van der Waals surface area contributed by atoms with Gasteiger partial charge >= 0.3 is 5.97 Å². The van der Waals surface area contributed by atoms with Crippen molar-refractivity contribution in [2.45, 2.75) is 25.7 Å². The largest absolute Gasteiger partial charge is 0.493 e. The van der Waals surface area contributed by atoms with Crippen LogP contribution in [0.25, 0.3) is 0 Å². The SMILES string of the molecule is COc1ccccc1OCC(C(=O)O)C1CCCC1. The zero-order chi connectivity index (χ0) is 13.7. The van der Waals surface area contributed by atoms with Crippen LogP contribution in [0.3, 0.4) is 0 Å². The molecule has 1 atom stereocenters. The van der Waals surface area contributed by atoms with E-state index in [1.54, 1.807) is 19.2 Å². The lowest BCUT2D eigenvalue weighted by Crippen LogP contribution is -2.28. The van der Waals surface area contributed by atoms with Crippen molar-refractivity contribution in [3.63, 3.8) is 0 Å². The maximum Gasteiger partial charge on any atom is 0.310 e. The van der Waals surface area contributed by atoms with Gasteiger partial charge < -0.3 is 14.6 Å². The molecule has 1 aromatic rings. The summed E-state index contributed by atoms with van der Waals surface area (Å²) in [5.74, 6) is 0.300. The topological polar surface area (TPSA) is 55.8 Å². The molecular formula is C15H20O4. The molecule has 2 rings (SSSR count). The van der Waals surface area contributed by atoms with Crippen molar-refractivity contribution in [2.24, 2.45) is 11.8 Å². The fraction of sp³-hybridized carbons (Fsp3) is 0.533. The van der Waals surface area contributed by atoms with Crippen LogP contribution in [0, 0.1) is 11.8 Å². The average Bonchev–Trinajstić information content (AvgIpc) is 2.93. The molecule has 1 fully saturated rings. The molecule has 0 aromatic heterocycles. The number of para-hydroxylation sites is 2. The molecule has 1 saturated carbocycles. The van der Waals surface area contributed by atoms with E-state index < -0.39 is 11.9 Å². The molecule has 1 N–H and O–H groups in total. The fourth-order valence-corrected chi connectivity index (χ4v) is 2.69. The smallest absolute Gasteiger partial charge is 0.310 e. The predicted molar refractivity (Wildman–Crippen MR) is 71.6 cm³/mol. The second-order valence-electron chi connectivity index (χ2n) is 4.95. The first kappa shape index (κ1) is 13.7. The second kappa shape index (κ2) is 6.45. The number of hydrogen-bond donors (Lipinski definition) is 1. The molecule has 4 nitrogen and oxygen atoms in total. The van der Waals surface area contributed by atoms with E-state index in [4.69, 9.17) is 9.47 Å². The number of benzene rings is 1. The summed E-state index contributed by atoms with van der Waals surface area (Å²) in [6.07, 6.45) is 4.24. The lowest BCUT2D eigenvalue weighted by molar-refractivity contribution is -0.144. The molecule has 0 spiro atoms. The van der Waals surface area contributed by atoms with Crippen molar-refractivity contribution in [3.05, 3.63) is 24.3 Å². The van der Waals surface area contributed by atoms with Gasteiger partial charge in [-0.2, -0.15) is 0 Å². The van der Waals surface area contributed by atoms with Crippen molar-refractivity contribution in [1.29, 1.82) is 0 Å². The lowest BCUT2D eigenvalue weighted by atomic mass is 9.92. The van der Waals surface area contributed by atoms with E-state index in [9.17, 15) is 9.90 Å². The van der Waals surface area contributed by atoms with E-state index in [2.05, 4.69) is 0 Å². The minimum absolute atomic E-state index is 0.209. The first-order valence-corrected chi connectivity index (χ1v) is 6.71. The van der Waals surface area contributed by atoms with Gasteiger partial charge in [-0.3, -0.25) is 4.79 Å². The Morgan fingerprint density at radius 3 is 2.53 bits per heavy atom. The Bertz CT molecular complexity index is 424. The molecule has 0 radical (unpaired) electrons. The van der Waals surface area contributed by atoms with Crippen molar-refractivity contribution < 1.29 is 19.4 Å². The molecule has 104 valence electrons. The van der Waals surface area contributed by atoms with Crippen LogP contribution in [0.2, 0.25) is 0 Å². The number of carboxylic acid groups (broad SMARTS) is 1. The van der Waals surface area contributed by atoms with Gasteiger partial charge in [-0.25, -0.2) is 0 Å². The number of carboxylic acids is 1. The minimum atomic E-state index is -0.762. The van der Waals surface area contributed by atoms with Crippen LogP contribution in [0.4, 0.5) is 0 Å². The van der Waals surface area contributed by atoms with Crippen LogP contribution in [0.5, 0.6) is 11.5 Å². The number of rotatable bonds is 6. The highest BCUT2D eigenvalue weighted by Gasteiger charge is 2.31. The van der Waals surface area contributed by atoms with Gasteiger partial charge in [0.15, 0.2) is 11.5 Å². The summed E-state index contributed by atoms with van der Waals surface area (Å²) in [4.78, 5) is 11.4. The van der Waals surface area contributed by atoms with Gasteiger partial charge in [0, 0.05) is 0 Å². The maximum absolute atomic E-state index is 11.4. The summed E-state index contributed by atoms with van der Waals surface area (Å²) >= 11 is 0. The highest BCUT2D eigenvalue weighted by molar-refractivity contribution is 5.70. The Balaban J connectivity index is 2.00. The second-order valence-corrected chi connectivity index (χ2v) is 4.95. The number of hydrogen-bond acceptors (Lipinski definition) is 3. The highest BCUT2D eigenvalue weighted by Crippen LogP contribution is 2.33. The molecule has 0 saturated heterocycles. The number of carbonyl (C=O) groups is 1. The Morgan fingerprint density at radius 2 is 1.95 bits per heavy atom. The minimum Gasteiger partial charge on any atom is -0.493 e. The van der Waals surface area contributed by atoms with Crippen molar-refractivity contribution >= 4 is 5.97 Å². The monoisotopic (exact) mass is 264 g/mol. The van der Waals surface area contributed by atoms with Gasteiger partial charge in [0.05, 0.1) is 13.0 Å². The Morgan fingerprint density at radius 1 is 1.32 bits per heavy atom. The van der Waals surface area contributed by atoms with E-state index in [0.717, 1.165) is 25.7 Å². The van der Waals surface area contributed by atoms with Gasteiger partial charge in [0.1, 0.15) is 6.61 Å². The number of methoxy groups -OCH3 is 1. The molecule has 0 heterocycles. The summed E-state index contributed by atoms with van der Waals surface area (Å²) in [5, 5.41) is 9.33.